The van der Waals surface area contributed by atoms with Gasteiger partial charge in [0.25, 0.3) is 0 Å². The van der Waals surface area contributed by atoms with E-state index in [1.54, 1.807) is 30.3 Å². The molecule has 3 aromatic carbocycles. The van der Waals surface area contributed by atoms with E-state index in [1.807, 2.05) is 0 Å². The van der Waals surface area contributed by atoms with E-state index in [2.05, 4.69) is 10.2 Å². The predicted octanol–water partition coefficient (Wildman–Crippen LogP) is -6.74. The topological polar surface area (TPSA) is 145 Å². The first-order valence-corrected chi connectivity index (χ1v) is 9.08. The number of hydrogen-bond donors (Lipinski definition) is 0. The zero-order valence-corrected chi connectivity index (χ0v) is 23.8. The number of nitrogens with zero attached hydrogens (tertiary/aromatic N) is 2. The van der Waals surface area contributed by atoms with Crippen LogP contribution in [0.4, 0.5) is 11.4 Å². The monoisotopic (exact) mass is 472 g/mol. The fourth-order valence-corrected chi connectivity index (χ4v) is 3.34. The van der Waals surface area contributed by atoms with E-state index in [0.717, 1.165) is 6.07 Å². The van der Waals surface area contributed by atoms with Gasteiger partial charge in [-0.15, -0.1) is 5.11 Å². The molecule has 0 saturated heterocycles. The fraction of sp³-hybridized carbons (Fsp3) is 0. The van der Waals surface area contributed by atoms with Crippen molar-refractivity contribution < 1.29 is 117 Å². The summed E-state index contributed by atoms with van der Waals surface area (Å²) in [6.07, 6.45) is 0. The van der Waals surface area contributed by atoms with Crippen LogP contribution >= 0.6 is 11.6 Å². The number of carbonyl (C=O) groups is 1. The van der Waals surface area contributed by atoms with E-state index in [1.165, 1.54) is 6.07 Å². The Labute approximate surface area is 243 Å². The number of fused-ring (bicyclic) bond motifs is 1. The van der Waals surface area contributed by atoms with Crippen molar-refractivity contribution in [1.82, 2.24) is 0 Å². The average Bonchev–Trinajstić information content (AvgIpc) is 2.60. The SMILES string of the molecule is O=C([O-])c1cc(N=Nc2c([O-])ccc3ccccc23)c(S(=O)(=O)[O-])cc1Cl.[Na+].[Na+].[Na+]. The first kappa shape index (κ1) is 30.0. The number of halogens is 1. The molecule has 0 heterocycles. The summed E-state index contributed by atoms with van der Waals surface area (Å²) in [6, 6.07) is 11.0. The molecule has 0 fully saturated rings. The van der Waals surface area contributed by atoms with Crippen LogP contribution < -0.4 is 98.9 Å². The van der Waals surface area contributed by atoms with Crippen molar-refractivity contribution >= 4 is 49.8 Å². The zero-order valence-electron chi connectivity index (χ0n) is 16.2. The molecule has 0 aliphatic carbocycles. The number of benzene rings is 3. The summed E-state index contributed by atoms with van der Waals surface area (Å²) in [6.45, 7) is 0. The van der Waals surface area contributed by atoms with Crippen molar-refractivity contribution in [2.24, 2.45) is 10.2 Å². The van der Waals surface area contributed by atoms with Crippen LogP contribution in [0.15, 0.2) is 63.7 Å². The van der Waals surface area contributed by atoms with Crippen LogP contribution in [0, 0.1) is 0 Å². The third-order valence-electron chi connectivity index (χ3n) is 3.66. The normalized spacial score (nSPS) is 10.7. The Kier molecular flexibility index (Phi) is 12.3. The van der Waals surface area contributed by atoms with Crippen molar-refractivity contribution in [2.45, 2.75) is 4.90 Å². The quantitative estimate of drug-likeness (QED) is 0.210. The van der Waals surface area contributed by atoms with Gasteiger partial charge >= 0.3 is 88.7 Å². The maximum absolute atomic E-state index is 12.1. The van der Waals surface area contributed by atoms with Crippen LogP contribution in [0.5, 0.6) is 5.75 Å². The van der Waals surface area contributed by atoms with Gasteiger partial charge in [-0.05, 0) is 17.5 Å². The summed E-state index contributed by atoms with van der Waals surface area (Å²) in [7, 11) is -5.04. The van der Waals surface area contributed by atoms with Crippen LogP contribution in [-0.2, 0) is 10.1 Å². The van der Waals surface area contributed by atoms with E-state index in [0.29, 0.717) is 16.8 Å². The number of hydrogen-bond acceptors (Lipinski definition) is 8. The molecule has 0 atom stereocenters. The molecule has 3 aromatic rings. The molecular formula is C17H8ClN2Na3O6S. The van der Waals surface area contributed by atoms with Gasteiger partial charge in [0.2, 0.25) is 0 Å². The molecule has 138 valence electrons. The van der Waals surface area contributed by atoms with Gasteiger partial charge in [-0.25, -0.2) is 8.42 Å². The van der Waals surface area contributed by atoms with Crippen LogP contribution in [0.3, 0.4) is 0 Å². The smallest absolute Gasteiger partial charge is 0.871 e. The number of carbonyl (C=O) groups excluding carboxylic acids is 1. The van der Waals surface area contributed by atoms with Gasteiger partial charge in [-0.1, -0.05) is 53.7 Å². The van der Waals surface area contributed by atoms with Gasteiger partial charge in [0.05, 0.1) is 21.6 Å². The molecule has 0 radical (unpaired) electrons. The van der Waals surface area contributed by atoms with Crippen molar-refractivity contribution in [3.05, 3.63) is 59.1 Å². The Hall–Kier alpha value is -0.01000. The Bertz CT molecular complexity index is 1220. The molecule has 0 bridgehead atoms. The van der Waals surface area contributed by atoms with Gasteiger partial charge in [-0.3, -0.25) is 0 Å². The minimum Gasteiger partial charge on any atom is -0.871 e. The van der Waals surface area contributed by atoms with Gasteiger partial charge in [0.15, 0.2) is 0 Å². The third kappa shape index (κ3) is 6.74. The van der Waals surface area contributed by atoms with Gasteiger partial charge in [0, 0.05) is 10.9 Å². The molecule has 0 aromatic heterocycles. The number of carboxylic acid groups (broad SMARTS) is 1. The van der Waals surface area contributed by atoms with Gasteiger partial charge in [0.1, 0.15) is 15.8 Å². The van der Waals surface area contributed by atoms with E-state index < -0.39 is 43.0 Å². The van der Waals surface area contributed by atoms with Crippen molar-refractivity contribution in [3.63, 3.8) is 0 Å². The number of carboxylic acids is 1. The molecule has 0 aliphatic rings. The van der Waals surface area contributed by atoms with Crippen molar-refractivity contribution in [2.75, 3.05) is 0 Å². The largest absolute Gasteiger partial charge is 1.00 e. The van der Waals surface area contributed by atoms with Crippen LogP contribution in [-0.4, -0.2) is 18.9 Å². The van der Waals surface area contributed by atoms with Crippen LogP contribution in [0.25, 0.3) is 10.8 Å². The molecule has 0 amide bonds. The Morgan fingerprint density at radius 1 is 0.967 bits per heavy atom. The van der Waals surface area contributed by atoms with Gasteiger partial charge < -0.3 is 19.6 Å². The second-order valence-corrected chi connectivity index (χ2v) is 7.13. The van der Waals surface area contributed by atoms with Crippen molar-refractivity contribution in [3.8, 4) is 5.75 Å². The number of aromatic carboxylic acids is 1. The molecule has 0 spiro atoms. The van der Waals surface area contributed by atoms with E-state index in [9.17, 15) is 28.0 Å². The number of rotatable bonds is 4. The van der Waals surface area contributed by atoms with Crippen molar-refractivity contribution in [1.29, 1.82) is 0 Å². The Morgan fingerprint density at radius 3 is 2.20 bits per heavy atom. The molecule has 0 aliphatic heterocycles. The standard InChI is InChI=1S/C17H11ClN2O6S.3Na/c18-12-8-15(27(24,25)26)13(7-11(12)17(22)23)19-20-16-10-4-2-1-3-9(10)5-6-14(16)21;;;/h1-8,21H,(H,22,23)(H,24,25,26);;;/q;3*+1/p-3. The molecule has 8 nitrogen and oxygen atoms in total. The first-order valence-electron chi connectivity index (χ1n) is 7.30. The molecule has 30 heavy (non-hydrogen) atoms. The predicted molar refractivity (Wildman–Crippen MR) is 91.3 cm³/mol. The summed E-state index contributed by atoms with van der Waals surface area (Å²) >= 11 is 5.68. The molecular weight excluding hydrogens is 465 g/mol. The molecule has 0 unspecified atom stereocenters. The fourth-order valence-electron chi connectivity index (χ4n) is 2.42. The summed E-state index contributed by atoms with van der Waals surface area (Å²) in [5.74, 6) is -2.18. The molecule has 0 N–H and O–H groups in total. The summed E-state index contributed by atoms with van der Waals surface area (Å²) in [5.41, 5.74) is -1.23. The first-order chi connectivity index (χ1) is 12.7. The van der Waals surface area contributed by atoms with E-state index in [4.69, 9.17) is 11.6 Å². The Morgan fingerprint density at radius 2 is 1.60 bits per heavy atom. The van der Waals surface area contributed by atoms with E-state index >= 15 is 0 Å². The summed E-state index contributed by atoms with van der Waals surface area (Å²) in [5, 5.41) is 31.2. The van der Waals surface area contributed by atoms with E-state index in [-0.39, 0.29) is 94.4 Å². The maximum atomic E-state index is 12.1. The summed E-state index contributed by atoms with van der Waals surface area (Å²) in [4.78, 5) is 10.2. The maximum Gasteiger partial charge on any atom is 1.00 e. The minimum absolute atomic E-state index is 0. The van der Waals surface area contributed by atoms with Gasteiger partial charge in [-0.2, -0.15) is 5.11 Å². The Balaban J connectivity index is 0.00000280. The molecule has 0 saturated carbocycles. The third-order valence-corrected chi connectivity index (χ3v) is 4.84. The summed E-state index contributed by atoms with van der Waals surface area (Å²) < 4.78 is 34.3. The second-order valence-electron chi connectivity index (χ2n) is 5.37. The molecule has 3 rings (SSSR count). The van der Waals surface area contributed by atoms with Crippen LogP contribution in [0.2, 0.25) is 5.02 Å². The number of azo groups is 1. The second kappa shape index (κ2) is 12.3. The molecule has 13 heteroatoms. The van der Waals surface area contributed by atoms with Crippen LogP contribution in [0.1, 0.15) is 10.4 Å². The minimum atomic E-state index is -5.04. The average molecular weight is 473 g/mol. The zero-order chi connectivity index (χ0) is 19.8.